The third-order valence-electron chi connectivity index (χ3n) is 3.67. The topological polar surface area (TPSA) is 55.4 Å². The van der Waals surface area contributed by atoms with Gasteiger partial charge in [-0.3, -0.25) is 0 Å². The van der Waals surface area contributed by atoms with Gasteiger partial charge in [0.15, 0.2) is 0 Å². The van der Waals surface area contributed by atoms with Crippen LogP contribution in [0.4, 0.5) is 0 Å². The number of rotatable bonds is 8. The van der Waals surface area contributed by atoms with Crippen molar-refractivity contribution >= 4 is 30.3 Å². The van der Waals surface area contributed by atoms with Gasteiger partial charge in [-0.15, -0.1) is 0 Å². The maximum atomic E-state index is 12.5. The van der Waals surface area contributed by atoms with E-state index < -0.39 is 16.6 Å². The monoisotopic (exact) mass is 391 g/mol. The van der Waals surface area contributed by atoms with E-state index in [0.29, 0.717) is 5.46 Å². The smallest absolute Gasteiger partial charge is 0.330 e. The van der Waals surface area contributed by atoms with Crippen LogP contribution in [0.1, 0.15) is 73.8 Å². The molecule has 0 spiro atoms. The summed E-state index contributed by atoms with van der Waals surface area (Å²) in [5.41, 5.74) is 1.27. The second-order valence-corrected chi connectivity index (χ2v) is 10.6. The molecule has 2 radical (unpaired) electrons. The van der Waals surface area contributed by atoms with Crippen molar-refractivity contribution in [3.63, 3.8) is 0 Å². The van der Waals surface area contributed by atoms with Crippen LogP contribution in [0.25, 0.3) is 0 Å². The minimum absolute atomic E-state index is 0. The highest BCUT2D eigenvalue weighted by Crippen LogP contribution is 2.22. The lowest BCUT2D eigenvalue weighted by atomic mass is 9.93. The predicted octanol–water partition coefficient (Wildman–Crippen LogP) is 3.89. The lowest BCUT2D eigenvalue weighted by molar-refractivity contribution is -0.148. The van der Waals surface area contributed by atoms with Gasteiger partial charge in [0.25, 0.3) is 0 Å². The summed E-state index contributed by atoms with van der Waals surface area (Å²) in [6.45, 7) is 11.4. The van der Waals surface area contributed by atoms with Crippen molar-refractivity contribution in [3.8, 4) is 0 Å². The summed E-state index contributed by atoms with van der Waals surface area (Å²) in [6.07, 6.45) is 5.70. The Balaban J connectivity index is 0.00000729. The first-order valence-electron chi connectivity index (χ1n) is 9.31. The van der Waals surface area contributed by atoms with E-state index in [2.05, 4.69) is 4.72 Å². The van der Waals surface area contributed by atoms with Crippen molar-refractivity contribution in [3.05, 3.63) is 42.0 Å². The second-order valence-electron chi connectivity index (χ2n) is 8.58. The molecule has 0 aliphatic rings. The molecule has 1 N–H and O–H groups in total. The average molecular weight is 391 g/mol. The lowest BCUT2D eigenvalue weighted by Gasteiger charge is -2.24. The van der Waals surface area contributed by atoms with Crippen LogP contribution < -0.4 is 10.2 Å². The van der Waals surface area contributed by atoms with Gasteiger partial charge in [-0.1, -0.05) is 35.8 Å². The van der Waals surface area contributed by atoms with Gasteiger partial charge in [0.2, 0.25) is 0 Å². The van der Waals surface area contributed by atoms with Crippen LogP contribution in [0, 0.1) is 0 Å². The predicted molar refractivity (Wildman–Crippen MR) is 117 cm³/mol. The molecule has 0 amide bonds. The van der Waals surface area contributed by atoms with Gasteiger partial charge in [-0.05, 0) is 66.4 Å². The van der Waals surface area contributed by atoms with E-state index in [0.717, 1.165) is 24.8 Å². The van der Waals surface area contributed by atoms with Crippen molar-refractivity contribution in [2.24, 2.45) is 0 Å². The molecule has 1 rings (SSSR count). The highest BCUT2D eigenvalue weighted by molar-refractivity contribution is 7.84. The molecule has 0 aromatic heterocycles. The number of benzene rings is 1. The van der Waals surface area contributed by atoms with Crippen LogP contribution in [0.3, 0.4) is 0 Å². The highest BCUT2D eigenvalue weighted by atomic mass is 32.2. The zero-order valence-electron chi connectivity index (χ0n) is 17.4. The van der Waals surface area contributed by atoms with E-state index in [9.17, 15) is 9.00 Å². The molecule has 0 saturated carbocycles. The third-order valence-corrected chi connectivity index (χ3v) is 5.28. The Morgan fingerprint density at radius 1 is 1.22 bits per heavy atom. The largest absolute Gasteiger partial charge is 0.457 e. The average Bonchev–Trinajstić information content (AvgIpc) is 2.51. The Labute approximate surface area is 169 Å². The number of carbonyl (C=O) groups is 1. The van der Waals surface area contributed by atoms with E-state index in [1.807, 2.05) is 71.9 Å². The molecule has 0 aliphatic heterocycles. The fraction of sp³-hybridized carbons (Fsp3) is 0.571. The van der Waals surface area contributed by atoms with Crippen LogP contribution in [0.5, 0.6) is 0 Å². The summed E-state index contributed by atoms with van der Waals surface area (Å²) in [5, 5.41) is 0. The summed E-state index contributed by atoms with van der Waals surface area (Å²) >= 11 is 0. The molecule has 6 heteroatoms. The molecule has 2 atom stereocenters. The zero-order valence-corrected chi connectivity index (χ0v) is 18.2. The molecule has 4 nitrogen and oxygen atoms in total. The number of nitrogens with one attached hydrogen (secondary N) is 1. The number of carbonyl (C=O) groups excluding carboxylic acids is 1. The zero-order chi connectivity index (χ0) is 20.7. The Morgan fingerprint density at radius 2 is 1.81 bits per heavy atom. The number of esters is 1. The van der Waals surface area contributed by atoms with Gasteiger partial charge in [-0.2, -0.15) is 0 Å². The molecule has 0 fully saturated rings. The van der Waals surface area contributed by atoms with Crippen molar-refractivity contribution < 1.29 is 15.2 Å². The first kappa shape index (κ1) is 23.6. The minimum atomic E-state index is -1.17. The van der Waals surface area contributed by atoms with Gasteiger partial charge in [0.1, 0.15) is 13.4 Å². The van der Waals surface area contributed by atoms with Crippen molar-refractivity contribution in [1.29, 1.82) is 0 Å². The lowest BCUT2D eigenvalue weighted by Crippen LogP contribution is -2.35. The van der Waals surface area contributed by atoms with Gasteiger partial charge in [-0.25, -0.2) is 13.7 Å². The molecule has 0 heterocycles. The van der Waals surface area contributed by atoms with Crippen LogP contribution >= 0.6 is 0 Å². The van der Waals surface area contributed by atoms with Crippen molar-refractivity contribution in [1.82, 2.24) is 4.72 Å². The van der Waals surface area contributed by atoms with Crippen molar-refractivity contribution in [2.45, 2.75) is 77.2 Å². The first-order chi connectivity index (χ1) is 12.4. The fourth-order valence-electron chi connectivity index (χ4n) is 2.28. The van der Waals surface area contributed by atoms with Gasteiger partial charge in [0, 0.05) is 13.5 Å². The molecule has 0 bridgehead atoms. The van der Waals surface area contributed by atoms with Gasteiger partial charge >= 0.3 is 5.97 Å². The number of unbranched alkanes of at least 4 members (excludes halogenated alkanes) is 1. The second kappa shape index (κ2) is 10.2. The summed E-state index contributed by atoms with van der Waals surface area (Å²) in [7, 11) is 4.60. The van der Waals surface area contributed by atoms with E-state index in [-0.39, 0.29) is 18.2 Å². The molecule has 27 heavy (non-hydrogen) atoms. The first-order valence-corrected chi connectivity index (χ1v) is 10.5. The normalized spacial score (nSPS) is 14.9. The highest BCUT2D eigenvalue weighted by Gasteiger charge is 2.23. The summed E-state index contributed by atoms with van der Waals surface area (Å²) in [5.74, 6) is -0.329. The maximum absolute atomic E-state index is 12.5. The van der Waals surface area contributed by atoms with E-state index >= 15 is 0 Å². The number of hydrogen-bond acceptors (Lipinski definition) is 3. The van der Waals surface area contributed by atoms with E-state index in [1.165, 1.54) is 6.08 Å². The van der Waals surface area contributed by atoms with E-state index in [1.54, 1.807) is 0 Å². The van der Waals surface area contributed by atoms with Gasteiger partial charge < -0.3 is 4.74 Å². The van der Waals surface area contributed by atoms with Crippen LogP contribution in [0.2, 0.25) is 0 Å². The van der Waals surface area contributed by atoms with E-state index in [4.69, 9.17) is 12.6 Å². The molecule has 0 aliphatic carbocycles. The van der Waals surface area contributed by atoms with Crippen LogP contribution in [0.15, 0.2) is 36.4 Å². The Morgan fingerprint density at radius 3 is 2.33 bits per heavy atom. The molecule has 0 saturated heterocycles. The molecule has 1 aromatic rings. The SMILES string of the molecule is [B]c1ccc([C@H](CCC/C=C/C(=O)OC(C)(C)C)NS(=O)C(C)(C)C)cc1.[HH]. The molecular weight excluding hydrogens is 357 g/mol. The number of allylic oxidation sites excluding steroid dienone is 1. The van der Waals surface area contributed by atoms with Gasteiger partial charge in [0.05, 0.1) is 15.7 Å². The maximum Gasteiger partial charge on any atom is 0.330 e. The quantitative estimate of drug-likeness (QED) is 0.317. The summed E-state index contributed by atoms with van der Waals surface area (Å²) < 4.78 is 20.7. The number of hydrogen-bond donors (Lipinski definition) is 1. The number of ether oxygens (including phenoxy) is 1. The molecule has 1 unspecified atom stereocenters. The summed E-state index contributed by atoms with van der Waals surface area (Å²) in [6, 6.07) is 7.59. The molecular formula is C21H34BNO3S. The van der Waals surface area contributed by atoms with Crippen molar-refractivity contribution in [2.75, 3.05) is 0 Å². The Kier molecular flexibility index (Phi) is 8.96. The minimum Gasteiger partial charge on any atom is -0.457 e. The standard InChI is InChI=1S/C21H32BNO3S.H2/c1-20(2,3)26-19(24)11-9-7-8-10-18(23-27(25)21(4,5)6)16-12-14-17(22)15-13-16;/h9,11-15,18,23H,7-8,10H2,1-6H3;1H/b11-9+;/t18-,27?;/m0./s1. The fourth-order valence-corrected chi connectivity index (χ4v) is 3.15. The Bertz CT molecular complexity index is 664. The third kappa shape index (κ3) is 9.92. The van der Waals surface area contributed by atoms with Crippen LogP contribution in [-0.2, 0) is 20.5 Å². The molecule has 1 aromatic carbocycles. The summed E-state index contributed by atoms with van der Waals surface area (Å²) in [4.78, 5) is 11.7. The molecule has 150 valence electrons. The van der Waals surface area contributed by atoms with Crippen LogP contribution in [-0.4, -0.2) is 28.4 Å². The Hall–Kier alpha value is -1.40.